The van der Waals surface area contributed by atoms with Crippen molar-refractivity contribution in [2.24, 2.45) is 5.73 Å². The minimum absolute atomic E-state index is 0.0606. The average Bonchev–Trinajstić information content (AvgIpc) is 2.38. The summed E-state index contributed by atoms with van der Waals surface area (Å²) >= 11 is 1.64. The van der Waals surface area contributed by atoms with E-state index in [9.17, 15) is 4.79 Å². The summed E-state index contributed by atoms with van der Waals surface area (Å²) in [6.45, 7) is 0.960. The van der Waals surface area contributed by atoms with Crippen molar-refractivity contribution in [2.45, 2.75) is 17.9 Å². The number of nitrogens with two attached hydrogens (primary N) is 1. The molecule has 0 saturated carbocycles. The number of amides is 1. The van der Waals surface area contributed by atoms with E-state index in [1.165, 1.54) is 0 Å². The van der Waals surface area contributed by atoms with Crippen LogP contribution in [0.4, 0.5) is 0 Å². The summed E-state index contributed by atoms with van der Waals surface area (Å²) in [4.78, 5) is 14.4. The summed E-state index contributed by atoms with van der Waals surface area (Å²) in [7, 11) is 3.44. The van der Waals surface area contributed by atoms with Crippen LogP contribution >= 0.6 is 11.8 Å². The van der Waals surface area contributed by atoms with E-state index < -0.39 is 0 Å². The van der Waals surface area contributed by atoms with Crippen LogP contribution in [0.3, 0.4) is 0 Å². The van der Waals surface area contributed by atoms with Crippen LogP contribution in [0, 0.1) is 0 Å². The van der Waals surface area contributed by atoms with E-state index in [0.29, 0.717) is 19.5 Å². The van der Waals surface area contributed by atoms with Crippen molar-refractivity contribution in [3.05, 3.63) is 23.8 Å². The van der Waals surface area contributed by atoms with Gasteiger partial charge in [0.1, 0.15) is 5.75 Å². The second-order valence-corrected chi connectivity index (χ2v) is 4.83. The molecule has 0 atom stereocenters. The van der Waals surface area contributed by atoms with Crippen LogP contribution in [0.25, 0.3) is 0 Å². The highest BCUT2D eigenvalue weighted by Crippen LogP contribution is 2.28. The molecule has 0 bridgehead atoms. The Kier molecular flexibility index (Phi) is 6.01. The molecular weight excluding hydrogens is 248 g/mol. The van der Waals surface area contributed by atoms with Gasteiger partial charge in [-0.3, -0.25) is 4.79 Å². The van der Waals surface area contributed by atoms with Gasteiger partial charge in [0.05, 0.1) is 7.11 Å². The van der Waals surface area contributed by atoms with E-state index in [1.54, 1.807) is 30.8 Å². The highest BCUT2D eigenvalue weighted by Gasteiger charge is 2.10. The van der Waals surface area contributed by atoms with Gasteiger partial charge in [0.2, 0.25) is 5.91 Å². The molecule has 0 spiro atoms. The Morgan fingerprint density at radius 3 is 2.78 bits per heavy atom. The fourth-order valence-electron chi connectivity index (χ4n) is 1.66. The largest absolute Gasteiger partial charge is 0.496 e. The number of methoxy groups -OCH3 is 1. The number of ether oxygens (including phenoxy) is 1. The summed E-state index contributed by atoms with van der Waals surface area (Å²) in [5.74, 6) is 0.907. The topological polar surface area (TPSA) is 55.6 Å². The van der Waals surface area contributed by atoms with Crippen LogP contribution < -0.4 is 10.5 Å². The lowest BCUT2D eigenvalue weighted by Gasteiger charge is -2.18. The molecule has 1 amide bonds. The van der Waals surface area contributed by atoms with Crippen molar-refractivity contribution in [3.63, 3.8) is 0 Å². The fraction of sp³-hybridized carbons (Fsp3) is 0.462. The standard InChI is InChI=1S/C13H20N2O2S/c1-15(13(16)6-7-14)9-10-4-5-12(18-3)11(8-10)17-2/h4-5,8H,6-7,9,14H2,1-3H3. The van der Waals surface area contributed by atoms with Gasteiger partial charge in [-0.1, -0.05) is 6.07 Å². The quantitative estimate of drug-likeness (QED) is 0.798. The molecule has 4 nitrogen and oxygen atoms in total. The zero-order chi connectivity index (χ0) is 13.5. The van der Waals surface area contributed by atoms with Crippen molar-refractivity contribution >= 4 is 17.7 Å². The zero-order valence-corrected chi connectivity index (χ0v) is 11.9. The number of hydrogen-bond acceptors (Lipinski definition) is 4. The summed E-state index contributed by atoms with van der Waals surface area (Å²) < 4.78 is 5.32. The van der Waals surface area contributed by atoms with Gasteiger partial charge >= 0.3 is 0 Å². The van der Waals surface area contributed by atoms with Gasteiger partial charge in [0, 0.05) is 31.5 Å². The van der Waals surface area contributed by atoms with Crippen molar-refractivity contribution in [2.75, 3.05) is 27.0 Å². The van der Waals surface area contributed by atoms with Gasteiger partial charge in [-0.05, 0) is 24.0 Å². The highest BCUT2D eigenvalue weighted by molar-refractivity contribution is 7.98. The van der Waals surface area contributed by atoms with Crippen LogP contribution in [-0.2, 0) is 11.3 Å². The third kappa shape index (κ3) is 3.92. The predicted octanol–water partition coefficient (Wildman–Crippen LogP) is 1.72. The molecule has 0 heterocycles. The number of carbonyl (C=O) groups excluding carboxylic acids is 1. The lowest BCUT2D eigenvalue weighted by Crippen LogP contribution is -2.27. The minimum Gasteiger partial charge on any atom is -0.496 e. The first-order chi connectivity index (χ1) is 8.62. The first kappa shape index (κ1) is 14.9. The van der Waals surface area contributed by atoms with Crippen molar-refractivity contribution < 1.29 is 9.53 Å². The van der Waals surface area contributed by atoms with Crippen LogP contribution in [0.5, 0.6) is 5.75 Å². The summed E-state index contributed by atoms with van der Waals surface area (Å²) in [6, 6.07) is 6.00. The summed E-state index contributed by atoms with van der Waals surface area (Å²) in [5.41, 5.74) is 6.43. The number of thioether (sulfide) groups is 1. The first-order valence-corrected chi connectivity index (χ1v) is 6.99. The van der Waals surface area contributed by atoms with Crippen molar-refractivity contribution in [3.8, 4) is 5.75 Å². The van der Waals surface area contributed by atoms with E-state index in [2.05, 4.69) is 0 Å². The second kappa shape index (κ2) is 7.28. The van der Waals surface area contributed by atoms with E-state index in [1.807, 2.05) is 24.5 Å². The molecule has 5 heteroatoms. The summed E-state index contributed by atoms with van der Waals surface area (Å²) in [5, 5.41) is 0. The molecule has 1 rings (SSSR count). The van der Waals surface area contributed by atoms with Crippen molar-refractivity contribution in [1.29, 1.82) is 0 Å². The molecule has 2 N–H and O–H groups in total. The van der Waals surface area contributed by atoms with E-state index in [-0.39, 0.29) is 5.91 Å². The Balaban J connectivity index is 2.76. The molecule has 1 aromatic rings. The first-order valence-electron chi connectivity index (χ1n) is 5.77. The lowest BCUT2D eigenvalue weighted by atomic mass is 10.2. The predicted molar refractivity (Wildman–Crippen MR) is 74.9 cm³/mol. The summed E-state index contributed by atoms with van der Waals surface area (Å²) in [6.07, 6.45) is 2.39. The number of hydrogen-bond donors (Lipinski definition) is 1. The van der Waals surface area contributed by atoms with Gasteiger partial charge in [-0.15, -0.1) is 11.8 Å². The average molecular weight is 268 g/mol. The number of carbonyl (C=O) groups is 1. The lowest BCUT2D eigenvalue weighted by molar-refractivity contribution is -0.130. The Morgan fingerprint density at radius 2 is 2.22 bits per heavy atom. The van der Waals surface area contributed by atoms with Gasteiger partial charge in [0.15, 0.2) is 0 Å². The normalized spacial score (nSPS) is 10.2. The monoisotopic (exact) mass is 268 g/mol. The zero-order valence-electron chi connectivity index (χ0n) is 11.1. The van der Waals surface area contributed by atoms with Crippen LogP contribution in [0.2, 0.25) is 0 Å². The number of benzene rings is 1. The third-order valence-corrected chi connectivity index (χ3v) is 3.43. The van der Waals surface area contributed by atoms with Gasteiger partial charge in [-0.25, -0.2) is 0 Å². The minimum atomic E-state index is 0.0606. The molecule has 100 valence electrons. The fourth-order valence-corrected chi connectivity index (χ4v) is 2.20. The SMILES string of the molecule is COc1cc(CN(C)C(=O)CCN)ccc1SC. The molecule has 1 aromatic carbocycles. The third-order valence-electron chi connectivity index (χ3n) is 2.65. The molecule has 0 fully saturated rings. The molecule has 0 radical (unpaired) electrons. The molecular formula is C13H20N2O2S. The van der Waals surface area contributed by atoms with E-state index in [0.717, 1.165) is 16.2 Å². The van der Waals surface area contributed by atoms with Crippen LogP contribution in [0.15, 0.2) is 23.1 Å². The smallest absolute Gasteiger partial charge is 0.223 e. The maximum atomic E-state index is 11.6. The number of nitrogens with zero attached hydrogens (tertiary/aromatic N) is 1. The molecule has 0 aliphatic carbocycles. The number of rotatable bonds is 6. The second-order valence-electron chi connectivity index (χ2n) is 3.98. The van der Waals surface area contributed by atoms with Crippen LogP contribution in [0.1, 0.15) is 12.0 Å². The molecule has 0 unspecified atom stereocenters. The van der Waals surface area contributed by atoms with E-state index >= 15 is 0 Å². The molecule has 0 saturated heterocycles. The molecule has 0 aliphatic rings. The van der Waals surface area contributed by atoms with Crippen molar-refractivity contribution in [1.82, 2.24) is 4.90 Å². The Hall–Kier alpha value is -1.20. The molecule has 18 heavy (non-hydrogen) atoms. The molecule has 0 aliphatic heterocycles. The van der Waals surface area contributed by atoms with Gasteiger partial charge < -0.3 is 15.4 Å². The maximum Gasteiger partial charge on any atom is 0.223 e. The Bertz CT molecular complexity index is 410. The van der Waals surface area contributed by atoms with Gasteiger partial charge in [-0.2, -0.15) is 0 Å². The maximum absolute atomic E-state index is 11.6. The molecule has 0 aromatic heterocycles. The highest BCUT2D eigenvalue weighted by atomic mass is 32.2. The van der Waals surface area contributed by atoms with E-state index in [4.69, 9.17) is 10.5 Å². The Labute approximate surface area is 112 Å². The van der Waals surface area contributed by atoms with Crippen LogP contribution in [-0.4, -0.2) is 37.8 Å². The van der Waals surface area contributed by atoms with Gasteiger partial charge in [0.25, 0.3) is 0 Å². The Morgan fingerprint density at radius 1 is 1.50 bits per heavy atom.